The standard InChI is InChI=1S/C10H13BrN2S/c1-14-10(3-4-10)7-13-9-2-5-12-6-8(9)11/h2,5-6H,3-4,7H2,1H3,(H,12,13). The highest BCUT2D eigenvalue weighted by Crippen LogP contribution is 2.47. The van der Waals surface area contributed by atoms with Crippen LogP contribution in [0.1, 0.15) is 12.8 Å². The maximum atomic E-state index is 4.03. The fourth-order valence-corrected chi connectivity index (χ4v) is 2.48. The number of thioether (sulfide) groups is 1. The summed E-state index contributed by atoms with van der Waals surface area (Å²) in [6, 6.07) is 2.00. The third kappa shape index (κ3) is 2.23. The zero-order chi connectivity index (χ0) is 10.0. The van der Waals surface area contributed by atoms with Gasteiger partial charge >= 0.3 is 0 Å². The quantitative estimate of drug-likeness (QED) is 0.912. The van der Waals surface area contributed by atoms with Crippen molar-refractivity contribution in [3.8, 4) is 0 Å². The molecule has 0 bridgehead atoms. The van der Waals surface area contributed by atoms with Crippen molar-refractivity contribution in [3.05, 3.63) is 22.9 Å². The van der Waals surface area contributed by atoms with Gasteiger partial charge in [-0.25, -0.2) is 0 Å². The molecule has 0 amide bonds. The largest absolute Gasteiger partial charge is 0.383 e. The molecule has 1 aromatic heterocycles. The second kappa shape index (κ2) is 4.11. The highest BCUT2D eigenvalue weighted by atomic mass is 79.9. The number of anilines is 1. The molecule has 1 heterocycles. The number of hydrogen-bond acceptors (Lipinski definition) is 3. The van der Waals surface area contributed by atoms with Gasteiger partial charge in [0.15, 0.2) is 0 Å². The van der Waals surface area contributed by atoms with Crippen LogP contribution in [0.15, 0.2) is 22.9 Å². The zero-order valence-electron chi connectivity index (χ0n) is 8.09. The second-order valence-electron chi connectivity index (χ2n) is 3.60. The summed E-state index contributed by atoms with van der Waals surface area (Å²) in [5.74, 6) is 0. The Labute approximate surface area is 97.0 Å². The molecule has 1 N–H and O–H groups in total. The Bertz CT molecular complexity index is 326. The van der Waals surface area contributed by atoms with Crippen LogP contribution < -0.4 is 5.32 Å². The van der Waals surface area contributed by atoms with Gasteiger partial charge in [0.25, 0.3) is 0 Å². The van der Waals surface area contributed by atoms with E-state index in [9.17, 15) is 0 Å². The van der Waals surface area contributed by atoms with Gasteiger partial charge in [0.05, 0.1) is 10.2 Å². The monoisotopic (exact) mass is 272 g/mol. The molecule has 1 aliphatic carbocycles. The van der Waals surface area contributed by atoms with E-state index >= 15 is 0 Å². The summed E-state index contributed by atoms with van der Waals surface area (Å²) in [4.78, 5) is 4.03. The normalized spacial score (nSPS) is 17.9. The van der Waals surface area contributed by atoms with Crippen LogP contribution in [-0.2, 0) is 0 Å². The minimum atomic E-state index is 0.503. The molecule has 1 saturated carbocycles. The summed E-state index contributed by atoms with van der Waals surface area (Å²) >= 11 is 5.44. The molecule has 1 fully saturated rings. The van der Waals surface area contributed by atoms with E-state index in [0.29, 0.717) is 4.75 Å². The molecule has 0 atom stereocenters. The van der Waals surface area contributed by atoms with Gasteiger partial charge in [-0.1, -0.05) is 0 Å². The molecule has 76 valence electrons. The molecule has 0 saturated heterocycles. The topological polar surface area (TPSA) is 24.9 Å². The van der Waals surface area contributed by atoms with Gasteiger partial charge in [-0.15, -0.1) is 0 Å². The minimum absolute atomic E-state index is 0.503. The Morgan fingerprint density at radius 2 is 2.43 bits per heavy atom. The Hall–Kier alpha value is -0.220. The maximum absolute atomic E-state index is 4.03. The molecule has 0 radical (unpaired) electrons. The fourth-order valence-electron chi connectivity index (χ4n) is 1.37. The summed E-state index contributed by atoms with van der Waals surface area (Å²) in [7, 11) is 0. The van der Waals surface area contributed by atoms with Crippen LogP contribution >= 0.6 is 27.7 Å². The van der Waals surface area contributed by atoms with Gasteiger partial charge < -0.3 is 5.32 Å². The van der Waals surface area contributed by atoms with Crippen molar-refractivity contribution in [2.75, 3.05) is 18.1 Å². The second-order valence-corrected chi connectivity index (χ2v) is 5.72. The lowest BCUT2D eigenvalue weighted by Gasteiger charge is -2.14. The van der Waals surface area contributed by atoms with Crippen LogP contribution in [0.25, 0.3) is 0 Å². The number of aromatic nitrogens is 1. The van der Waals surface area contributed by atoms with Crippen LogP contribution in [0.5, 0.6) is 0 Å². The molecule has 0 unspecified atom stereocenters. The van der Waals surface area contributed by atoms with Crippen LogP contribution in [0.3, 0.4) is 0 Å². The molecule has 2 nitrogen and oxygen atoms in total. The number of hydrogen-bond donors (Lipinski definition) is 1. The third-order valence-electron chi connectivity index (χ3n) is 2.61. The van der Waals surface area contributed by atoms with E-state index in [-0.39, 0.29) is 0 Å². The predicted molar refractivity (Wildman–Crippen MR) is 65.9 cm³/mol. The van der Waals surface area contributed by atoms with Crippen LogP contribution in [0, 0.1) is 0 Å². The Morgan fingerprint density at radius 1 is 1.64 bits per heavy atom. The molecule has 0 aromatic carbocycles. The van der Waals surface area contributed by atoms with Crippen molar-refractivity contribution in [1.82, 2.24) is 4.98 Å². The van der Waals surface area contributed by atoms with E-state index in [1.54, 1.807) is 0 Å². The Balaban J connectivity index is 1.95. The molecule has 1 aliphatic rings. The average Bonchev–Trinajstić information content (AvgIpc) is 2.98. The van der Waals surface area contributed by atoms with Gasteiger partial charge in [0, 0.05) is 23.7 Å². The molecule has 2 rings (SSSR count). The van der Waals surface area contributed by atoms with Crippen LogP contribution in [-0.4, -0.2) is 22.5 Å². The summed E-state index contributed by atoms with van der Waals surface area (Å²) in [6.45, 7) is 1.05. The predicted octanol–water partition coefficient (Wildman–Crippen LogP) is 3.15. The van der Waals surface area contributed by atoms with E-state index in [1.807, 2.05) is 30.2 Å². The fraction of sp³-hybridized carbons (Fsp3) is 0.500. The SMILES string of the molecule is CSC1(CNc2ccncc2Br)CC1. The molecule has 1 aromatic rings. The first kappa shape index (κ1) is 10.3. The van der Waals surface area contributed by atoms with E-state index < -0.39 is 0 Å². The van der Waals surface area contributed by atoms with Gasteiger partial charge in [0.2, 0.25) is 0 Å². The minimum Gasteiger partial charge on any atom is -0.383 e. The number of halogens is 1. The number of rotatable bonds is 4. The number of nitrogens with zero attached hydrogens (tertiary/aromatic N) is 1. The molecular formula is C10H13BrN2S. The summed E-state index contributed by atoms with van der Waals surface area (Å²) < 4.78 is 1.54. The van der Waals surface area contributed by atoms with Crippen LogP contribution in [0.4, 0.5) is 5.69 Å². The summed E-state index contributed by atoms with van der Waals surface area (Å²) in [5.41, 5.74) is 1.14. The highest BCUT2D eigenvalue weighted by molar-refractivity contribution is 9.10. The lowest BCUT2D eigenvalue weighted by atomic mass is 10.3. The number of pyridine rings is 1. The first-order valence-electron chi connectivity index (χ1n) is 4.64. The maximum Gasteiger partial charge on any atom is 0.0590 e. The van der Waals surface area contributed by atoms with E-state index in [2.05, 4.69) is 32.5 Å². The van der Waals surface area contributed by atoms with E-state index in [4.69, 9.17) is 0 Å². The smallest absolute Gasteiger partial charge is 0.0590 e. The zero-order valence-corrected chi connectivity index (χ0v) is 10.5. The van der Waals surface area contributed by atoms with Crippen molar-refractivity contribution in [3.63, 3.8) is 0 Å². The lowest BCUT2D eigenvalue weighted by Crippen LogP contribution is -2.17. The van der Waals surface area contributed by atoms with E-state index in [0.717, 1.165) is 16.7 Å². The first-order valence-corrected chi connectivity index (χ1v) is 6.66. The third-order valence-corrected chi connectivity index (χ3v) is 4.66. The van der Waals surface area contributed by atoms with Crippen molar-refractivity contribution in [2.45, 2.75) is 17.6 Å². The first-order chi connectivity index (χ1) is 6.76. The van der Waals surface area contributed by atoms with Crippen molar-refractivity contribution < 1.29 is 0 Å². The molecule has 0 spiro atoms. The lowest BCUT2D eigenvalue weighted by molar-refractivity contribution is 0.947. The van der Waals surface area contributed by atoms with Gasteiger partial charge in [0.1, 0.15) is 0 Å². The van der Waals surface area contributed by atoms with Gasteiger partial charge in [-0.05, 0) is 41.1 Å². The van der Waals surface area contributed by atoms with Gasteiger partial charge in [-0.2, -0.15) is 11.8 Å². The van der Waals surface area contributed by atoms with Crippen molar-refractivity contribution in [1.29, 1.82) is 0 Å². The van der Waals surface area contributed by atoms with Gasteiger partial charge in [-0.3, -0.25) is 4.98 Å². The van der Waals surface area contributed by atoms with Crippen molar-refractivity contribution >= 4 is 33.4 Å². The molecule has 14 heavy (non-hydrogen) atoms. The number of nitrogens with one attached hydrogen (secondary N) is 1. The average molecular weight is 273 g/mol. The van der Waals surface area contributed by atoms with Crippen molar-refractivity contribution in [2.24, 2.45) is 0 Å². The molecule has 4 heteroatoms. The molecule has 0 aliphatic heterocycles. The summed E-state index contributed by atoms with van der Waals surface area (Å²) in [5, 5.41) is 3.46. The van der Waals surface area contributed by atoms with E-state index in [1.165, 1.54) is 12.8 Å². The summed E-state index contributed by atoms with van der Waals surface area (Å²) in [6.07, 6.45) is 8.50. The van der Waals surface area contributed by atoms with Crippen LogP contribution in [0.2, 0.25) is 0 Å². The Morgan fingerprint density at radius 3 is 3.00 bits per heavy atom. The molecular weight excluding hydrogens is 260 g/mol. The highest BCUT2D eigenvalue weighted by Gasteiger charge is 2.41. The Kier molecular flexibility index (Phi) is 3.02.